The molecule has 0 aromatic heterocycles. The van der Waals surface area contributed by atoms with Gasteiger partial charge in [0.1, 0.15) is 0 Å². The number of guanidine groups is 1. The van der Waals surface area contributed by atoms with Gasteiger partial charge in [-0.25, -0.2) is 0 Å². The van der Waals surface area contributed by atoms with Crippen LogP contribution in [0.25, 0.3) is 0 Å². The average molecular weight is 304 g/mol. The van der Waals surface area contributed by atoms with Crippen LogP contribution in [-0.4, -0.2) is 48.2 Å². The molecule has 0 spiro atoms. The molecule has 4 N–H and O–H groups in total. The highest BCUT2D eigenvalue weighted by Crippen LogP contribution is 2.11. The summed E-state index contributed by atoms with van der Waals surface area (Å²) in [6.45, 7) is 5.86. The molecule has 1 aromatic rings. The second-order valence-electron chi connectivity index (χ2n) is 5.87. The summed E-state index contributed by atoms with van der Waals surface area (Å²) >= 11 is 0. The van der Waals surface area contributed by atoms with Crippen molar-refractivity contribution in [2.24, 2.45) is 10.7 Å². The number of aryl methyl sites for hydroxylation is 1. The molecule has 5 heteroatoms. The molecule has 0 radical (unpaired) electrons. The molecule has 1 aliphatic rings. The number of aliphatic hydroxyl groups is 1. The van der Waals surface area contributed by atoms with Crippen molar-refractivity contribution in [1.29, 1.82) is 0 Å². The van der Waals surface area contributed by atoms with Gasteiger partial charge < -0.3 is 21.1 Å². The zero-order valence-electron chi connectivity index (χ0n) is 13.5. The van der Waals surface area contributed by atoms with Gasteiger partial charge in [-0.1, -0.05) is 19.1 Å². The zero-order chi connectivity index (χ0) is 15.8. The van der Waals surface area contributed by atoms with Crippen molar-refractivity contribution in [3.63, 3.8) is 0 Å². The first-order chi connectivity index (χ1) is 10.7. The van der Waals surface area contributed by atoms with Crippen LogP contribution in [0.5, 0.6) is 0 Å². The minimum Gasteiger partial charge on any atom is -0.393 e. The number of aliphatic imine (C=N–C) groups is 1. The van der Waals surface area contributed by atoms with Crippen LogP contribution >= 0.6 is 0 Å². The number of aliphatic hydroxyl groups excluding tert-OH is 1. The number of piperidine rings is 1. The van der Waals surface area contributed by atoms with Crippen molar-refractivity contribution in [3.05, 3.63) is 29.8 Å². The molecule has 0 atom stereocenters. The Morgan fingerprint density at radius 1 is 1.41 bits per heavy atom. The highest BCUT2D eigenvalue weighted by molar-refractivity contribution is 5.92. The third kappa shape index (κ3) is 5.66. The maximum atomic E-state index is 9.48. The van der Waals surface area contributed by atoms with Crippen LogP contribution in [-0.2, 0) is 6.42 Å². The Hall–Kier alpha value is -1.59. The Bertz CT molecular complexity index is 481. The lowest BCUT2D eigenvalue weighted by molar-refractivity contribution is 0.0824. The van der Waals surface area contributed by atoms with Crippen molar-refractivity contribution in [1.82, 2.24) is 4.90 Å². The van der Waals surface area contributed by atoms with Crippen molar-refractivity contribution in [3.8, 4) is 0 Å². The highest BCUT2D eigenvalue weighted by atomic mass is 16.3. The number of benzene rings is 1. The van der Waals surface area contributed by atoms with E-state index in [2.05, 4.69) is 34.3 Å². The fraction of sp³-hybridized carbons (Fsp3) is 0.588. The van der Waals surface area contributed by atoms with Crippen LogP contribution in [0.4, 0.5) is 5.69 Å². The molecular weight excluding hydrogens is 276 g/mol. The van der Waals surface area contributed by atoms with Gasteiger partial charge in [0.2, 0.25) is 0 Å². The molecule has 22 heavy (non-hydrogen) atoms. The first-order valence-corrected chi connectivity index (χ1v) is 8.23. The molecule has 0 bridgehead atoms. The Morgan fingerprint density at radius 3 is 2.91 bits per heavy atom. The number of nitrogens with one attached hydrogen (secondary N) is 1. The van der Waals surface area contributed by atoms with E-state index in [0.717, 1.165) is 57.5 Å². The maximum absolute atomic E-state index is 9.48. The van der Waals surface area contributed by atoms with E-state index >= 15 is 0 Å². The van der Waals surface area contributed by atoms with Crippen LogP contribution in [0, 0.1) is 0 Å². The number of hydrogen-bond acceptors (Lipinski definition) is 3. The topological polar surface area (TPSA) is 73.9 Å². The smallest absolute Gasteiger partial charge is 0.193 e. The maximum Gasteiger partial charge on any atom is 0.193 e. The summed E-state index contributed by atoms with van der Waals surface area (Å²) in [7, 11) is 0. The largest absolute Gasteiger partial charge is 0.393 e. The molecular formula is C17H28N4O. The monoisotopic (exact) mass is 304 g/mol. The van der Waals surface area contributed by atoms with E-state index in [4.69, 9.17) is 5.73 Å². The van der Waals surface area contributed by atoms with Crippen molar-refractivity contribution in [2.75, 3.05) is 31.5 Å². The predicted octanol–water partition coefficient (Wildman–Crippen LogP) is 1.82. The fourth-order valence-corrected chi connectivity index (χ4v) is 2.69. The number of rotatable bonds is 6. The molecule has 0 amide bonds. The van der Waals surface area contributed by atoms with Crippen LogP contribution in [0.3, 0.4) is 0 Å². The van der Waals surface area contributed by atoms with Gasteiger partial charge in [0.15, 0.2) is 5.96 Å². The Balaban J connectivity index is 1.69. The van der Waals surface area contributed by atoms with Gasteiger partial charge in [-0.15, -0.1) is 0 Å². The second kappa shape index (κ2) is 8.76. The highest BCUT2D eigenvalue weighted by Gasteiger charge is 2.15. The molecule has 1 heterocycles. The van der Waals surface area contributed by atoms with Gasteiger partial charge in [-0.2, -0.15) is 0 Å². The summed E-state index contributed by atoms with van der Waals surface area (Å²) < 4.78 is 0. The molecule has 0 unspecified atom stereocenters. The first kappa shape index (κ1) is 16.8. The number of nitrogens with two attached hydrogens (primary N) is 1. The molecule has 1 fully saturated rings. The standard InChI is InChI=1S/C17H28N4O/c1-2-14-5-3-6-15(13-14)20-17(18)19-9-4-10-21-11-7-16(22)8-12-21/h3,5-6,13,16,22H,2,4,7-12H2,1H3,(H3,18,19,20). The summed E-state index contributed by atoms with van der Waals surface area (Å²) in [4.78, 5) is 6.77. The SMILES string of the molecule is CCc1cccc(NC(N)=NCCCN2CCC(O)CC2)c1. The van der Waals surface area contributed by atoms with Gasteiger partial charge >= 0.3 is 0 Å². The third-order valence-corrected chi connectivity index (χ3v) is 4.08. The van der Waals surface area contributed by atoms with Crippen LogP contribution in [0.2, 0.25) is 0 Å². The third-order valence-electron chi connectivity index (χ3n) is 4.08. The fourth-order valence-electron chi connectivity index (χ4n) is 2.69. The Kier molecular flexibility index (Phi) is 6.68. The minimum absolute atomic E-state index is 0.104. The lowest BCUT2D eigenvalue weighted by Gasteiger charge is -2.29. The summed E-state index contributed by atoms with van der Waals surface area (Å²) in [5, 5.41) is 12.6. The van der Waals surface area contributed by atoms with Crippen LogP contribution < -0.4 is 11.1 Å². The number of nitrogens with zero attached hydrogens (tertiary/aromatic N) is 2. The van der Waals surface area contributed by atoms with Crippen molar-refractivity contribution < 1.29 is 5.11 Å². The van der Waals surface area contributed by atoms with E-state index in [1.54, 1.807) is 0 Å². The molecule has 2 rings (SSSR count). The summed E-state index contributed by atoms with van der Waals surface area (Å²) in [6.07, 6.45) is 3.68. The van der Waals surface area contributed by atoms with Gasteiger partial charge in [-0.3, -0.25) is 4.99 Å². The Morgan fingerprint density at radius 2 is 2.18 bits per heavy atom. The quantitative estimate of drug-likeness (QED) is 0.426. The first-order valence-electron chi connectivity index (χ1n) is 8.23. The van der Waals surface area contributed by atoms with Gasteiger partial charge in [-0.05, 0) is 49.9 Å². The van der Waals surface area contributed by atoms with E-state index in [1.165, 1.54) is 5.56 Å². The van der Waals surface area contributed by atoms with E-state index in [9.17, 15) is 5.11 Å². The van der Waals surface area contributed by atoms with E-state index in [0.29, 0.717) is 5.96 Å². The Labute approximate surface area is 133 Å². The number of hydrogen-bond donors (Lipinski definition) is 3. The summed E-state index contributed by atoms with van der Waals surface area (Å²) in [5.74, 6) is 0.474. The molecule has 1 saturated heterocycles. The molecule has 0 saturated carbocycles. The van der Waals surface area contributed by atoms with Gasteiger partial charge in [0, 0.05) is 25.3 Å². The number of anilines is 1. The molecule has 122 valence electrons. The summed E-state index contributed by atoms with van der Waals surface area (Å²) in [5.41, 5.74) is 8.20. The van der Waals surface area contributed by atoms with Crippen LogP contribution in [0.15, 0.2) is 29.3 Å². The lowest BCUT2D eigenvalue weighted by Crippen LogP contribution is -2.36. The number of likely N-dealkylation sites (tertiary alicyclic amines) is 1. The van der Waals surface area contributed by atoms with Crippen LogP contribution in [0.1, 0.15) is 31.7 Å². The van der Waals surface area contributed by atoms with Gasteiger partial charge in [0.05, 0.1) is 6.10 Å². The van der Waals surface area contributed by atoms with E-state index in [1.807, 2.05) is 12.1 Å². The average Bonchev–Trinajstić information content (AvgIpc) is 2.53. The van der Waals surface area contributed by atoms with E-state index < -0.39 is 0 Å². The molecule has 1 aromatic carbocycles. The minimum atomic E-state index is -0.104. The second-order valence-corrected chi connectivity index (χ2v) is 5.87. The molecule has 1 aliphatic heterocycles. The lowest BCUT2D eigenvalue weighted by atomic mass is 10.1. The predicted molar refractivity (Wildman–Crippen MR) is 92.2 cm³/mol. The van der Waals surface area contributed by atoms with Crippen molar-refractivity contribution >= 4 is 11.6 Å². The molecule has 0 aliphatic carbocycles. The molecule has 5 nitrogen and oxygen atoms in total. The normalized spacial score (nSPS) is 17.6. The van der Waals surface area contributed by atoms with E-state index in [-0.39, 0.29) is 6.10 Å². The zero-order valence-corrected chi connectivity index (χ0v) is 13.5. The van der Waals surface area contributed by atoms with Crippen molar-refractivity contribution in [2.45, 2.75) is 38.7 Å². The summed E-state index contributed by atoms with van der Waals surface area (Å²) in [6, 6.07) is 8.23. The van der Waals surface area contributed by atoms with Gasteiger partial charge in [0.25, 0.3) is 0 Å².